The molecule has 0 saturated heterocycles. The molecule has 0 radical (unpaired) electrons. The number of aromatic amines is 1. The van der Waals surface area contributed by atoms with Gasteiger partial charge in [-0.2, -0.15) is 0 Å². The molecule has 4 rings (SSSR count). The van der Waals surface area contributed by atoms with Crippen molar-refractivity contribution in [3.63, 3.8) is 0 Å². The molecule has 178 valence electrons. The summed E-state index contributed by atoms with van der Waals surface area (Å²) in [7, 11) is 0. The maximum absolute atomic E-state index is 13.3. The lowest BCUT2D eigenvalue weighted by Gasteiger charge is -2.19. The van der Waals surface area contributed by atoms with Gasteiger partial charge in [-0.3, -0.25) is 4.79 Å². The molecule has 4 aromatic rings. The average Bonchev–Trinajstić information content (AvgIpc) is 3.26. The molecule has 6 heteroatoms. The van der Waals surface area contributed by atoms with Crippen molar-refractivity contribution in [2.75, 3.05) is 6.61 Å². The van der Waals surface area contributed by atoms with Crippen LogP contribution in [0.3, 0.4) is 0 Å². The van der Waals surface area contributed by atoms with Gasteiger partial charge in [0, 0.05) is 28.2 Å². The van der Waals surface area contributed by atoms with Crippen molar-refractivity contribution in [3.8, 4) is 23.3 Å². The molecule has 0 fully saturated rings. The Kier molecular flexibility index (Phi) is 7.39. The first kappa shape index (κ1) is 23.9. The summed E-state index contributed by atoms with van der Waals surface area (Å²) in [6.45, 7) is 3.59. The van der Waals surface area contributed by atoms with E-state index < -0.39 is 6.04 Å². The molecule has 1 atom stereocenters. The lowest BCUT2D eigenvalue weighted by atomic mass is 10.0. The third kappa shape index (κ3) is 6.03. The first-order valence-corrected chi connectivity index (χ1v) is 11.5. The van der Waals surface area contributed by atoms with E-state index in [0.717, 1.165) is 22.0 Å². The highest BCUT2D eigenvalue weighted by Crippen LogP contribution is 2.23. The number of H-pyrrole nitrogens is 1. The molecule has 0 spiro atoms. The van der Waals surface area contributed by atoms with Gasteiger partial charge in [-0.1, -0.05) is 30.0 Å². The van der Waals surface area contributed by atoms with Gasteiger partial charge in [0.15, 0.2) is 0 Å². The molecule has 1 aromatic heterocycles. The van der Waals surface area contributed by atoms with E-state index in [4.69, 9.17) is 4.74 Å². The molecule has 0 saturated carbocycles. The van der Waals surface area contributed by atoms with Gasteiger partial charge < -0.3 is 25.3 Å². The summed E-state index contributed by atoms with van der Waals surface area (Å²) in [5, 5.41) is 23.4. The fourth-order valence-corrected chi connectivity index (χ4v) is 3.82. The summed E-state index contributed by atoms with van der Waals surface area (Å²) in [6.07, 6.45) is 2.27. The molecule has 0 unspecified atom stereocenters. The standard InChI is InChI=1S/C29H28N2O4/c1-19(2)35-28-14-11-21(8-7-20-9-12-24(33)13-10-20)15-26(28)29(34)31-23(18-32)16-22-17-30-27-6-4-3-5-25(22)27/h3-6,9-15,17,19,23,30,32-33H,16,18H2,1-2H3,(H,31,34)/t23-/m1/s1. The molecule has 1 heterocycles. The van der Waals surface area contributed by atoms with E-state index in [9.17, 15) is 15.0 Å². The van der Waals surface area contributed by atoms with Crippen molar-refractivity contribution in [1.82, 2.24) is 10.3 Å². The van der Waals surface area contributed by atoms with Gasteiger partial charge in [0.2, 0.25) is 0 Å². The van der Waals surface area contributed by atoms with E-state index in [1.54, 1.807) is 42.5 Å². The number of phenolic OH excluding ortho intramolecular Hbond substituents is 1. The van der Waals surface area contributed by atoms with Gasteiger partial charge in [-0.25, -0.2) is 0 Å². The first-order chi connectivity index (χ1) is 16.9. The van der Waals surface area contributed by atoms with Crippen LogP contribution in [0.4, 0.5) is 0 Å². The second-order valence-electron chi connectivity index (χ2n) is 8.59. The number of rotatable bonds is 7. The number of fused-ring (bicyclic) bond motifs is 1. The van der Waals surface area contributed by atoms with Crippen LogP contribution in [-0.2, 0) is 6.42 Å². The number of benzene rings is 3. The van der Waals surface area contributed by atoms with Crippen molar-refractivity contribution in [1.29, 1.82) is 0 Å². The minimum absolute atomic E-state index is 0.115. The van der Waals surface area contributed by atoms with E-state index in [1.165, 1.54) is 0 Å². The predicted octanol–water partition coefficient (Wildman–Crippen LogP) is 4.39. The Balaban J connectivity index is 1.57. The Labute approximate surface area is 204 Å². The SMILES string of the molecule is CC(C)Oc1ccc(C#Cc2ccc(O)cc2)cc1C(=O)N[C@@H](CO)Cc1c[nH]c2ccccc12. The van der Waals surface area contributed by atoms with E-state index >= 15 is 0 Å². The second kappa shape index (κ2) is 10.8. The van der Waals surface area contributed by atoms with Crippen molar-refractivity contribution in [3.05, 3.63) is 95.2 Å². The summed E-state index contributed by atoms with van der Waals surface area (Å²) in [5.41, 5.74) is 3.78. The topological polar surface area (TPSA) is 94.6 Å². The monoisotopic (exact) mass is 468 g/mol. The maximum atomic E-state index is 13.3. The first-order valence-electron chi connectivity index (χ1n) is 11.5. The quantitative estimate of drug-likeness (QED) is 0.303. The molecule has 3 aromatic carbocycles. The lowest BCUT2D eigenvalue weighted by Crippen LogP contribution is -2.39. The number of ether oxygens (including phenoxy) is 1. The third-order valence-corrected chi connectivity index (χ3v) is 5.50. The minimum atomic E-state index is -0.472. The number of carbonyl (C=O) groups is 1. The number of hydrogen-bond donors (Lipinski definition) is 4. The van der Waals surface area contributed by atoms with Crippen LogP contribution in [0, 0.1) is 11.8 Å². The van der Waals surface area contributed by atoms with Crippen molar-refractivity contribution in [2.24, 2.45) is 0 Å². The molecule has 0 aliphatic carbocycles. The molecule has 0 aliphatic rings. The zero-order chi connectivity index (χ0) is 24.8. The fourth-order valence-electron chi connectivity index (χ4n) is 3.82. The van der Waals surface area contributed by atoms with Crippen molar-refractivity contribution in [2.45, 2.75) is 32.4 Å². The van der Waals surface area contributed by atoms with Gasteiger partial charge in [0.25, 0.3) is 5.91 Å². The van der Waals surface area contributed by atoms with E-state index in [2.05, 4.69) is 22.1 Å². The maximum Gasteiger partial charge on any atom is 0.255 e. The largest absolute Gasteiger partial charge is 0.508 e. The molecule has 0 aliphatic heterocycles. The number of aromatic hydroxyl groups is 1. The molecular formula is C29H28N2O4. The average molecular weight is 469 g/mol. The van der Waals surface area contributed by atoms with Gasteiger partial charge in [0.05, 0.1) is 24.3 Å². The van der Waals surface area contributed by atoms with Crippen molar-refractivity contribution < 1.29 is 19.7 Å². The van der Waals surface area contributed by atoms with Crippen LogP contribution < -0.4 is 10.1 Å². The number of carbonyl (C=O) groups excluding carboxylic acids is 1. The number of nitrogens with one attached hydrogen (secondary N) is 2. The third-order valence-electron chi connectivity index (χ3n) is 5.50. The smallest absolute Gasteiger partial charge is 0.255 e. The summed E-state index contributed by atoms with van der Waals surface area (Å²) >= 11 is 0. The number of aliphatic hydroxyl groups excluding tert-OH is 1. The highest BCUT2D eigenvalue weighted by atomic mass is 16.5. The molecule has 1 amide bonds. The highest BCUT2D eigenvalue weighted by molar-refractivity contribution is 5.97. The fraction of sp³-hybridized carbons (Fsp3) is 0.207. The molecule has 4 N–H and O–H groups in total. The number of aromatic nitrogens is 1. The molecule has 0 bridgehead atoms. The Morgan fingerprint density at radius 1 is 1.03 bits per heavy atom. The van der Waals surface area contributed by atoms with E-state index in [-0.39, 0.29) is 24.4 Å². The van der Waals surface area contributed by atoms with Crippen LogP contribution in [0.15, 0.2) is 72.9 Å². The van der Waals surface area contributed by atoms with Gasteiger partial charge in [-0.15, -0.1) is 0 Å². The zero-order valence-corrected chi connectivity index (χ0v) is 19.7. The Bertz CT molecular complexity index is 1380. The van der Waals surface area contributed by atoms with Crippen LogP contribution in [0.25, 0.3) is 10.9 Å². The lowest BCUT2D eigenvalue weighted by molar-refractivity contribution is 0.0910. The van der Waals surface area contributed by atoms with Crippen LogP contribution >= 0.6 is 0 Å². The Hall–Kier alpha value is -4.21. The molecular weight excluding hydrogens is 440 g/mol. The van der Waals surface area contributed by atoms with E-state index in [0.29, 0.717) is 23.3 Å². The van der Waals surface area contributed by atoms with Crippen LogP contribution in [0.5, 0.6) is 11.5 Å². The van der Waals surface area contributed by atoms with Crippen LogP contribution in [0.1, 0.15) is 40.9 Å². The van der Waals surface area contributed by atoms with Gasteiger partial charge in [0.1, 0.15) is 11.5 Å². The predicted molar refractivity (Wildman–Crippen MR) is 137 cm³/mol. The Morgan fingerprint density at radius 3 is 2.49 bits per heavy atom. The van der Waals surface area contributed by atoms with Gasteiger partial charge >= 0.3 is 0 Å². The number of phenols is 1. The van der Waals surface area contributed by atoms with Crippen LogP contribution in [-0.4, -0.2) is 39.9 Å². The number of aliphatic hydroxyl groups is 1. The normalized spacial score (nSPS) is 11.7. The van der Waals surface area contributed by atoms with Crippen molar-refractivity contribution >= 4 is 16.8 Å². The van der Waals surface area contributed by atoms with E-state index in [1.807, 2.05) is 44.3 Å². The number of hydrogen-bond acceptors (Lipinski definition) is 4. The summed E-state index contributed by atoms with van der Waals surface area (Å²) in [6, 6.07) is 19.3. The zero-order valence-electron chi connectivity index (χ0n) is 19.7. The van der Waals surface area contributed by atoms with Gasteiger partial charge in [-0.05, 0) is 74.4 Å². The summed E-state index contributed by atoms with van der Waals surface area (Å²) in [5.74, 6) is 6.39. The Morgan fingerprint density at radius 2 is 1.74 bits per heavy atom. The summed E-state index contributed by atoms with van der Waals surface area (Å²) < 4.78 is 5.87. The molecule has 35 heavy (non-hydrogen) atoms. The number of amides is 1. The molecule has 6 nitrogen and oxygen atoms in total. The summed E-state index contributed by atoms with van der Waals surface area (Å²) in [4.78, 5) is 16.5. The highest BCUT2D eigenvalue weighted by Gasteiger charge is 2.19. The minimum Gasteiger partial charge on any atom is -0.508 e. The van der Waals surface area contributed by atoms with Crippen LogP contribution in [0.2, 0.25) is 0 Å². The number of para-hydroxylation sites is 1. The second-order valence-corrected chi connectivity index (χ2v) is 8.59.